The molecule has 0 saturated carbocycles. The molecule has 0 N–H and O–H groups in total. The minimum absolute atomic E-state index is 0.704. The summed E-state index contributed by atoms with van der Waals surface area (Å²) in [7, 11) is 0. The highest BCUT2D eigenvalue weighted by molar-refractivity contribution is 8.03. The first-order valence-corrected chi connectivity index (χ1v) is 9.17. The highest BCUT2D eigenvalue weighted by atomic mass is 32.2. The number of hydrogen-bond donors (Lipinski definition) is 0. The third kappa shape index (κ3) is 4.04. The molecule has 0 radical (unpaired) electrons. The van der Waals surface area contributed by atoms with E-state index < -0.39 is 0 Å². The van der Waals surface area contributed by atoms with Gasteiger partial charge in [0.2, 0.25) is 0 Å². The van der Waals surface area contributed by atoms with E-state index in [4.69, 9.17) is 0 Å². The SMILES string of the molecule is CCCc1ccc(C2CC=C(Sc3ccccc3)CC2)cc1. The Morgan fingerprint density at radius 1 is 1.00 bits per heavy atom. The number of rotatable bonds is 5. The maximum atomic E-state index is 2.45. The normalized spacial score (nSPS) is 18.0. The second-order valence-corrected chi connectivity index (χ2v) is 7.25. The van der Waals surface area contributed by atoms with Crippen molar-refractivity contribution < 1.29 is 0 Å². The van der Waals surface area contributed by atoms with Crippen LogP contribution in [0.15, 0.2) is 70.5 Å². The fourth-order valence-corrected chi connectivity index (χ4v) is 4.09. The molecule has 0 nitrogen and oxygen atoms in total. The Morgan fingerprint density at radius 2 is 1.77 bits per heavy atom. The molecule has 0 aliphatic heterocycles. The van der Waals surface area contributed by atoms with Crippen molar-refractivity contribution in [3.8, 4) is 0 Å². The standard InChI is InChI=1S/C21H24S/c1-2-6-17-9-11-18(12-10-17)19-13-15-21(16-14-19)22-20-7-4-3-5-8-20/h3-5,7-12,15,19H,2,6,13-14,16H2,1H3. The number of allylic oxidation sites excluding steroid dienone is 2. The third-order valence-corrected chi connectivity index (χ3v) is 5.49. The Hall–Kier alpha value is -1.47. The second kappa shape index (κ2) is 7.69. The zero-order valence-electron chi connectivity index (χ0n) is 13.3. The monoisotopic (exact) mass is 308 g/mol. The van der Waals surface area contributed by atoms with Gasteiger partial charge in [-0.25, -0.2) is 0 Å². The van der Waals surface area contributed by atoms with E-state index in [-0.39, 0.29) is 0 Å². The fraction of sp³-hybridized carbons (Fsp3) is 0.333. The highest BCUT2D eigenvalue weighted by Gasteiger charge is 2.16. The van der Waals surface area contributed by atoms with E-state index in [9.17, 15) is 0 Å². The average molecular weight is 308 g/mol. The molecule has 0 heterocycles. The van der Waals surface area contributed by atoms with Crippen LogP contribution in [0, 0.1) is 0 Å². The molecule has 2 aromatic carbocycles. The number of hydrogen-bond acceptors (Lipinski definition) is 1. The Kier molecular flexibility index (Phi) is 5.39. The quantitative estimate of drug-likeness (QED) is 0.601. The van der Waals surface area contributed by atoms with E-state index in [2.05, 4.69) is 67.6 Å². The van der Waals surface area contributed by atoms with Gasteiger partial charge in [-0.2, -0.15) is 0 Å². The summed E-state index contributed by atoms with van der Waals surface area (Å²) in [6, 6.07) is 20.0. The van der Waals surface area contributed by atoms with Gasteiger partial charge in [0.1, 0.15) is 0 Å². The molecule has 0 fully saturated rings. The summed E-state index contributed by atoms with van der Waals surface area (Å²) in [5.41, 5.74) is 2.98. The first-order chi connectivity index (χ1) is 10.8. The summed E-state index contributed by atoms with van der Waals surface area (Å²) in [5, 5.41) is 0. The lowest BCUT2D eigenvalue weighted by Gasteiger charge is -2.22. The van der Waals surface area contributed by atoms with Crippen LogP contribution in [0.4, 0.5) is 0 Å². The van der Waals surface area contributed by atoms with Gasteiger partial charge in [-0.3, -0.25) is 0 Å². The molecule has 2 aromatic rings. The molecule has 1 heteroatoms. The zero-order valence-corrected chi connectivity index (χ0v) is 14.1. The van der Waals surface area contributed by atoms with Gasteiger partial charge in [-0.1, -0.05) is 73.6 Å². The van der Waals surface area contributed by atoms with E-state index in [1.54, 1.807) is 0 Å². The van der Waals surface area contributed by atoms with Crippen molar-refractivity contribution in [3.63, 3.8) is 0 Å². The summed E-state index contributed by atoms with van der Waals surface area (Å²) in [6.07, 6.45) is 8.54. The molecule has 1 aliphatic carbocycles. The van der Waals surface area contributed by atoms with Crippen LogP contribution in [0.1, 0.15) is 49.7 Å². The maximum absolute atomic E-state index is 2.45. The largest absolute Gasteiger partial charge is 0.0949 e. The Labute approximate surface area is 138 Å². The maximum Gasteiger partial charge on any atom is 0.0118 e. The topological polar surface area (TPSA) is 0 Å². The molecule has 0 amide bonds. The van der Waals surface area contributed by atoms with E-state index in [0.717, 1.165) is 0 Å². The van der Waals surface area contributed by atoms with Crippen molar-refractivity contribution in [1.82, 2.24) is 0 Å². The smallest absolute Gasteiger partial charge is 0.0118 e. The number of benzene rings is 2. The predicted molar refractivity (Wildman–Crippen MR) is 97.4 cm³/mol. The molecule has 1 atom stereocenters. The van der Waals surface area contributed by atoms with Gasteiger partial charge in [-0.15, -0.1) is 0 Å². The molecule has 114 valence electrons. The predicted octanol–water partition coefficient (Wildman–Crippen LogP) is 6.58. The summed E-state index contributed by atoms with van der Waals surface area (Å²) >= 11 is 1.93. The van der Waals surface area contributed by atoms with Crippen molar-refractivity contribution in [3.05, 3.63) is 76.7 Å². The van der Waals surface area contributed by atoms with Crippen LogP contribution in [0.3, 0.4) is 0 Å². The number of aryl methyl sites for hydroxylation is 1. The van der Waals surface area contributed by atoms with Crippen LogP contribution in [0.2, 0.25) is 0 Å². The zero-order chi connectivity index (χ0) is 15.2. The average Bonchev–Trinajstić information content (AvgIpc) is 2.58. The van der Waals surface area contributed by atoms with Crippen molar-refractivity contribution in [2.45, 2.75) is 49.8 Å². The third-order valence-electron chi connectivity index (χ3n) is 4.35. The van der Waals surface area contributed by atoms with Gasteiger partial charge < -0.3 is 0 Å². The molecule has 1 unspecified atom stereocenters. The van der Waals surface area contributed by atoms with Gasteiger partial charge in [0.05, 0.1) is 0 Å². The molecule has 1 aliphatic rings. The molecule has 0 saturated heterocycles. The van der Waals surface area contributed by atoms with E-state index in [0.29, 0.717) is 5.92 Å². The summed E-state index contributed by atoms with van der Waals surface area (Å²) < 4.78 is 0. The second-order valence-electron chi connectivity index (χ2n) is 6.05. The van der Waals surface area contributed by atoms with Gasteiger partial charge in [0.15, 0.2) is 0 Å². The molecule has 0 bridgehead atoms. The summed E-state index contributed by atoms with van der Waals surface area (Å²) in [4.78, 5) is 2.89. The first-order valence-electron chi connectivity index (χ1n) is 8.36. The lowest BCUT2D eigenvalue weighted by Crippen LogP contribution is -2.03. The lowest BCUT2D eigenvalue weighted by molar-refractivity contribution is 0.612. The van der Waals surface area contributed by atoms with Gasteiger partial charge in [0, 0.05) is 4.90 Å². The fourth-order valence-electron chi connectivity index (χ4n) is 3.09. The van der Waals surface area contributed by atoms with Gasteiger partial charge in [-0.05, 0) is 59.8 Å². The molecule has 22 heavy (non-hydrogen) atoms. The molecule has 0 spiro atoms. The first kappa shape index (κ1) is 15.4. The van der Waals surface area contributed by atoms with E-state index in [1.165, 1.54) is 53.0 Å². The van der Waals surface area contributed by atoms with Crippen LogP contribution in [-0.2, 0) is 6.42 Å². The molecular formula is C21H24S. The van der Waals surface area contributed by atoms with Crippen LogP contribution < -0.4 is 0 Å². The van der Waals surface area contributed by atoms with Gasteiger partial charge >= 0.3 is 0 Å². The summed E-state index contributed by atoms with van der Waals surface area (Å²) in [5.74, 6) is 0.704. The van der Waals surface area contributed by atoms with Crippen molar-refractivity contribution in [2.75, 3.05) is 0 Å². The van der Waals surface area contributed by atoms with Crippen molar-refractivity contribution in [2.24, 2.45) is 0 Å². The van der Waals surface area contributed by atoms with Crippen molar-refractivity contribution in [1.29, 1.82) is 0 Å². The summed E-state index contributed by atoms with van der Waals surface area (Å²) in [6.45, 7) is 2.24. The Bertz CT molecular complexity index is 610. The molecular weight excluding hydrogens is 284 g/mol. The molecule has 0 aromatic heterocycles. The van der Waals surface area contributed by atoms with Gasteiger partial charge in [0.25, 0.3) is 0 Å². The molecule has 3 rings (SSSR count). The Balaban J connectivity index is 1.60. The van der Waals surface area contributed by atoms with E-state index >= 15 is 0 Å². The lowest BCUT2D eigenvalue weighted by atomic mass is 9.87. The number of thioether (sulfide) groups is 1. The Morgan fingerprint density at radius 3 is 2.41 bits per heavy atom. The van der Waals surface area contributed by atoms with Crippen LogP contribution in [0.25, 0.3) is 0 Å². The van der Waals surface area contributed by atoms with Crippen molar-refractivity contribution >= 4 is 11.8 Å². The van der Waals surface area contributed by atoms with Crippen LogP contribution in [0.5, 0.6) is 0 Å². The van der Waals surface area contributed by atoms with Crippen LogP contribution >= 0.6 is 11.8 Å². The van der Waals surface area contributed by atoms with E-state index in [1.807, 2.05) is 11.8 Å². The minimum Gasteiger partial charge on any atom is -0.0949 e. The highest BCUT2D eigenvalue weighted by Crippen LogP contribution is 2.39. The van der Waals surface area contributed by atoms with Crippen LogP contribution in [-0.4, -0.2) is 0 Å². The minimum atomic E-state index is 0.704.